The molecule has 0 bridgehead atoms. The molecule has 0 unspecified atom stereocenters. The van der Waals surface area contributed by atoms with Crippen molar-refractivity contribution in [2.24, 2.45) is 0 Å². The molecule has 3 nitrogen and oxygen atoms in total. The molecule has 0 atom stereocenters. The van der Waals surface area contributed by atoms with Crippen LogP contribution in [0.3, 0.4) is 0 Å². The first kappa shape index (κ1) is 22.4. The van der Waals surface area contributed by atoms with E-state index in [0.717, 1.165) is 23.1 Å². The van der Waals surface area contributed by atoms with E-state index in [1.165, 1.54) is 10.8 Å². The van der Waals surface area contributed by atoms with Gasteiger partial charge in [-0.15, -0.1) is 57.7 Å². The summed E-state index contributed by atoms with van der Waals surface area (Å²) >= 11 is 0. The summed E-state index contributed by atoms with van der Waals surface area (Å²) in [6.07, 6.45) is 10.0. The summed E-state index contributed by atoms with van der Waals surface area (Å²) in [5, 5.41) is 11.4. The summed E-state index contributed by atoms with van der Waals surface area (Å²) in [6, 6.07) is 20.4. The van der Waals surface area contributed by atoms with Gasteiger partial charge in [-0.05, 0) is 17.8 Å². The molecule has 4 aromatic rings. The number of aromatic nitrogens is 3. The Morgan fingerprint density at radius 1 is 0.923 bits per heavy atom. The molecule has 0 spiro atoms. The molecule has 0 radical (unpaired) electrons. The molecule has 1 aliphatic carbocycles. The Labute approximate surface area is 184 Å². The Hall–Kier alpha value is -1.61. The van der Waals surface area contributed by atoms with Crippen LogP contribution in [0.15, 0.2) is 78.9 Å². The molecular weight excluding hydrogens is 444 g/mol. The summed E-state index contributed by atoms with van der Waals surface area (Å²) in [7, 11) is 0. The van der Waals surface area contributed by atoms with Gasteiger partial charge in [-0.1, -0.05) is 18.2 Å². The summed E-state index contributed by atoms with van der Waals surface area (Å²) in [5.74, 6) is 0. The van der Waals surface area contributed by atoms with Crippen LogP contribution in [0.1, 0.15) is 6.42 Å². The van der Waals surface area contributed by atoms with E-state index in [9.17, 15) is 0 Å². The largest absolute Gasteiger partial charge is 4.00 e. The van der Waals surface area contributed by atoms with E-state index in [1.807, 2.05) is 48.6 Å². The minimum absolute atomic E-state index is 0. The van der Waals surface area contributed by atoms with Crippen molar-refractivity contribution in [3.05, 3.63) is 85.0 Å². The standard InChI is InChI=1S/C15H10N3.C5H5.2ClH.Zr/c1-2-6-12-10-13(9-11(12)5-1)18-16-14-7-3-4-8-15(14)17-18;1-2-4-5-3-1;;;/h1-10H;1-3H,4H2;2*1H;/q2*-1;;;+4/p-2. The molecule has 1 aromatic heterocycles. The topological polar surface area (TPSA) is 30.7 Å². The second-order valence-electron chi connectivity index (χ2n) is 5.32. The van der Waals surface area contributed by atoms with Gasteiger partial charge in [-0.25, -0.2) is 12.2 Å². The number of allylic oxidation sites excluding steroid dienone is 4. The normalized spacial score (nSPS) is 11.2. The van der Waals surface area contributed by atoms with Gasteiger partial charge in [0.25, 0.3) is 0 Å². The molecule has 26 heavy (non-hydrogen) atoms. The summed E-state index contributed by atoms with van der Waals surface area (Å²) < 4.78 is 0. The Balaban J connectivity index is 0.000000372. The third-order valence-corrected chi connectivity index (χ3v) is 3.71. The number of fused-ring (bicyclic) bond motifs is 2. The van der Waals surface area contributed by atoms with Gasteiger partial charge in [0.2, 0.25) is 0 Å². The molecule has 0 N–H and O–H groups in total. The zero-order valence-corrected chi connectivity index (χ0v) is 17.8. The molecule has 0 aliphatic heterocycles. The SMILES string of the molecule is [C-]1=CC=CC1.[Cl-].[Cl-].[Zr+4].c1ccc2[cH-]c(-n3nc4ccccc4n3)cc2c1. The fraction of sp³-hybridized carbons (Fsp3) is 0.0500. The molecule has 128 valence electrons. The van der Waals surface area contributed by atoms with Crippen LogP contribution < -0.4 is 24.8 Å². The van der Waals surface area contributed by atoms with Crippen LogP contribution in [0.25, 0.3) is 27.5 Å². The van der Waals surface area contributed by atoms with E-state index >= 15 is 0 Å². The summed E-state index contributed by atoms with van der Waals surface area (Å²) in [5.41, 5.74) is 2.85. The third-order valence-electron chi connectivity index (χ3n) is 3.71. The Kier molecular flexibility index (Phi) is 9.08. The third kappa shape index (κ3) is 4.97. The van der Waals surface area contributed by atoms with Crippen molar-refractivity contribution in [1.29, 1.82) is 0 Å². The number of hydrogen-bond donors (Lipinski definition) is 0. The molecule has 1 aliphatic rings. The van der Waals surface area contributed by atoms with Crippen LogP contribution in [0, 0.1) is 6.08 Å². The van der Waals surface area contributed by atoms with Crippen molar-refractivity contribution in [3.63, 3.8) is 0 Å². The Morgan fingerprint density at radius 3 is 2.12 bits per heavy atom. The monoisotopic (exact) mass is 457 g/mol. The average molecular weight is 459 g/mol. The molecule has 3 aromatic carbocycles. The molecule has 0 fully saturated rings. The Bertz CT molecular complexity index is 870. The van der Waals surface area contributed by atoms with Crippen molar-refractivity contribution in [2.75, 3.05) is 0 Å². The van der Waals surface area contributed by atoms with Gasteiger partial charge in [0, 0.05) is 0 Å². The minimum Gasteiger partial charge on any atom is -1.00 e. The van der Waals surface area contributed by atoms with Gasteiger partial charge in [0.1, 0.15) is 11.0 Å². The molecule has 5 rings (SSSR count). The number of rotatable bonds is 1. The number of benzene rings is 2. The maximum Gasteiger partial charge on any atom is 4.00 e. The van der Waals surface area contributed by atoms with Crippen LogP contribution in [-0.2, 0) is 26.2 Å². The van der Waals surface area contributed by atoms with Crippen molar-refractivity contribution in [3.8, 4) is 5.69 Å². The molecule has 0 saturated heterocycles. The average Bonchev–Trinajstić information content (AvgIpc) is 3.33. The number of hydrogen-bond acceptors (Lipinski definition) is 2. The van der Waals surface area contributed by atoms with E-state index in [4.69, 9.17) is 0 Å². The number of halogens is 2. The van der Waals surface area contributed by atoms with Crippen LogP contribution >= 0.6 is 0 Å². The fourth-order valence-electron chi connectivity index (χ4n) is 2.56. The first-order valence-corrected chi connectivity index (χ1v) is 7.60. The van der Waals surface area contributed by atoms with Gasteiger partial charge in [-0.3, -0.25) is 6.08 Å². The first-order valence-electron chi connectivity index (χ1n) is 7.60. The van der Waals surface area contributed by atoms with E-state index in [-0.39, 0.29) is 51.0 Å². The van der Waals surface area contributed by atoms with E-state index in [2.05, 4.69) is 46.6 Å². The molecule has 0 saturated carbocycles. The van der Waals surface area contributed by atoms with E-state index in [0.29, 0.717) is 0 Å². The fourth-order valence-corrected chi connectivity index (χ4v) is 2.56. The smallest absolute Gasteiger partial charge is 1.00 e. The Morgan fingerprint density at radius 2 is 1.58 bits per heavy atom. The quantitative estimate of drug-likeness (QED) is 0.328. The van der Waals surface area contributed by atoms with Crippen molar-refractivity contribution >= 4 is 21.8 Å². The van der Waals surface area contributed by atoms with Gasteiger partial charge in [0.05, 0.1) is 0 Å². The van der Waals surface area contributed by atoms with Crippen molar-refractivity contribution in [1.82, 2.24) is 15.0 Å². The predicted octanol–water partition coefficient (Wildman–Crippen LogP) is -1.40. The predicted molar refractivity (Wildman–Crippen MR) is 93.5 cm³/mol. The number of nitrogens with zero attached hydrogens (tertiary/aromatic N) is 3. The van der Waals surface area contributed by atoms with Gasteiger partial charge >= 0.3 is 26.2 Å². The zero-order valence-electron chi connectivity index (χ0n) is 13.8. The van der Waals surface area contributed by atoms with Crippen LogP contribution in [-0.4, -0.2) is 15.0 Å². The second-order valence-corrected chi connectivity index (χ2v) is 5.32. The molecule has 0 amide bonds. The van der Waals surface area contributed by atoms with E-state index in [1.54, 1.807) is 4.80 Å². The molecule has 6 heteroatoms. The van der Waals surface area contributed by atoms with Crippen LogP contribution in [0.4, 0.5) is 0 Å². The van der Waals surface area contributed by atoms with Gasteiger partial charge < -0.3 is 24.8 Å². The van der Waals surface area contributed by atoms with Crippen molar-refractivity contribution in [2.45, 2.75) is 6.42 Å². The molecular formula is C20H15Cl2N3Zr. The maximum atomic E-state index is 4.48. The van der Waals surface area contributed by atoms with Gasteiger partial charge in [0.15, 0.2) is 0 Å². The summed E-state index contributed by atoms with van der Waals surface area (Å²) in [4.78, 5) is 1.70. The van der Waals surface area contributed by atoms with Crippen molar-refractivity contribution < 1.29 is 51.0 Å². The van der Waals surface area contributed by atoms with E-state index < -0.39 is 0 Å². The maximum absolute atomic E-state index is 4.48. The van der Waals surface area contributed by atoms with Crippen LogP contribution in [0.5, 0.6) is 0 Å². The second kappa shape index (κ2) is 10.5. The van der Waals surface area contributed by atoms with Crippen LogP contribution in [0.2, 0.25) is 0 Å². The summed E-state index contributed by atoms with van der Waals surface area (Å²) in [6.45, 7) is 0. The molecule has 1 heterocycles. The minimum atomic E-state index is 0. The zero-order chi connectivity index (χ0) is 15.5. The van der Waals surface area contributed by atoms with Gasteiger partial charge in [-0.2, -0.15) is 10.9 Å². The first-order chi connectivity index (χ1) is 11.4.